The highest BCUT2D eigenvalue weighted by Crippen LogP contribution is 2.11. The van der Waals surface area contributed by atoms with E-state index in [4.69, 9.17) is 5.11 Å². The molecule has 2 N–H and O–H groups in total. The molecule has 1 fully saturated rings. The van der Waals surface area contributed by atoms with Gasteiger partial charge in [-0.2, -0.15) is 0 Å². The summed E-state index contributed by atoms with van der Waals surface area (Å²) in [4.78, 5) is 13.0. The lowest BCUT2D eigenvalue weighted by Crippen LogP contribution is -2.48. The molecule has 0 saturated carbocycles. The highest BCUT2D eigenvalue weighted by molar-refractivity contribution is 5.73. The number of carbonyl (C=O) groups excluding carboxylic acids is 1. The standard InChI is InChI=1S/C11H22N2O2/c1-3-10(8-14)12-11-4-6-13(7-5-11)9(2)15/h10-12,14H,3-8H2,1-2H3. The average Bonchev–Trinajstić information content (AvgIpc) is 2.26. The van der Waals surface area contributed by atoms with Gasteiger partial charge in [-0.05, 0) is 19.3 Å². The van der Waals surface area contributed by atoms with Gasteiger partial charge in [0, 0.05) is 32.1 Å². The van der Waals surface area contributed by atoms with Crippen molar-refractivity contribution in [3.05, 3.63) is 0 Å². The molecule has 1 aliphatic rings. The van der Waals surface area contributed by atoms with Crippen LogP contribution in [0.4, 0.5) is 0 Å². The molecule has 4 nitrogen and oxygen atoms in total. The van der Waals surface area contributed by atoms with Gasteiger partial charge in [0.15, 0.2) is 0 Å². The molecule has 1 rings (SSSR count). The van der Waals surface area contributed by atoms with Crippen molar-refractivity contribution in [2.24, 2.45) is 0 Å². The van der Waals surface area contributed by atoms with E-state index in [1.165, 1.54) is 0 Å². The lowest BCUT2D eigenvalue weighted by atomic mass is 10.0. The number of amides is 1. The third-order valence-corrected chi connectivity index (χ3v) is 3.12. The van der Waals surface area contributed by atoms with E-state index < -0.39 is 0 Å². The first-order chi connectivity index (χ1) is 7.17. The molecule has 0 aromatic carbocycles. The normalized spacial score (nSPS) is 20.3. The molecule has 0 bridgehead atoms. The van der Waals surface area contributed by atoms with Gasteiger partial charge in [-0.3, -0.25) is 4.79 Å². The zero-order valence-corrected chi connectivity index (χ0v) is 9.70. The van der Waals surface area contributed by atoms with Gasteiger partial charge in [0.25, 0.3) is 0 Å². The predicted molar refractivity (Wildman–Crippen MR) is 59.6 cm³/mol. The van der Waals surface area contributed by atoms with E-state index in [9.17, 15) is 4.79 Å². The SMILES string of the molecule is CCC(CO)NC1CCN(C(C)=O)CC1. The van der Waals surface area contributed by atoms with Crippen LogP contribution in [0.5, 0.6) is 0 Å². The first kappa shape index (κ1) is 12.5. The van der Waals surface area contributed by atoms with Crippen molar-refractivity contribution in [2.75, 3.05) is 19.7 Å². The number of carbonyl (C=O) groups is 1. The molecule has 1 saturated heterocycles. The summed E-state index contributed by atoms with van der Waals surface area (Å²) in [5.74, 6) is 0.169. The summed E-state index contributed by atoms with van der Waals surface area (Å²) in [5.41, 5.74) is 0. The van der Waals surface area contributed by atoms with E-state index in [-0.39, 0.29) is 18.6 Å². The van der Waals surface area contributed by atoms with Gasteiger partial charge < -0.3 is 15.3 Å². The lowest BCUT2D eigenvalue weighted by molar-refractivity contribution is -0.129. The Bertz CT molecular complexity index is 197. The van der Waals surface area contributed by atoms with Gasteiger partial charge in [0.1, 0.15) is 0 Å². The van der Waals surface area contributed by atoms with Crippen molar-refractivity contribution in [3.8, 4) is 0 Å². The topological polar surface area (TPSA) is 52.6 Å². The van der Waals surface area contributed by atoms with Gasteiger partial charge in [-0.1, -0.05) is 6.92 Å². The van der Waals surface area contributed by atoms with E-state index in [0.29, 0.717) is 6.04 Å². The first-order valence-electron chi connectivity index (χ1n) is 5.79. The Morgan fingerprint density at radius 1 is 1.53 bits per heavy atom. The van der Waals surface area contributed by atoms with Crippen molar-refractivity contribution in [1.82, 2.24) is 10.2 Å². The van der Waals surface area contributed by atoms with E-state index in [1.807, 2.05) is 4.90 Å². The average molecular weight is 214 g/mol. The number of rotatable bonds is 4. The molecule has 0 aromatic heterocycles. The number of hydrogen-bond donors (Lipinski definition) is 2. The summed E-state index contributed by atoms with van der Waals surface area (Å²) < 4.78 is 0. The monoisotopic (exact) mass is 214 g/mol. The molecule has 0 radical (unpaired) electrons. The number of aliphatic hydroxyl groups is 1. The minimum absolute atomic E-state index is 0.169. The fourth-order valence-electron chi connectivity index (χ4n) is 1.99. The first-order valence-corrected chi connectivity index (χ1v) is 5.79. The van der Waals surface area contributed by atoms with Crippen LogP contribution in [-0.2, 0) is 4.79 Å². The molecule has 1 heterocycles. The van der Waals surface area contributed by atoms with Crippen LogP contribution in [0.3, 0.4) is 0 Å². The van der Waals surface area contributed by atoms with Gasteiger partial charge >= 0.3 is 0 Å². The van der Waals surface area contributed by atoms with Crippen LogP contribution < -0.4 is 5.32 Å². The Kier molecular flexibility index (Phi) is 5.05. The zero-order valence-electron chi connectivity index (χ0n) is 9.70. The van der Waals surface area contributed by atoms with Gasteiger partial charge in [0.05, 0.1) is 6.61 Å². The molecule has 0 aliphatic carbocycles. The molecule has 1 aliphatic heterocycles. The molecule has 88 valence electrons. The fourth-order valence-corrected chi connectivity index (χ4v) is 1.99. The molecule has 1 atom stereocenters. The largest absolute Gasteiger partial charge is 0.395 e. The molecule has 0 spiro atoms. The van der Waals surface area contributed by atoms with E-state index in [2.05, 4.69) is 12.2 Å². The molecule has 1 unspecified atom stereocenters. The Morgan fingerprint density at radius 2 is 2.13 bits per heavy atom. The van der Waals surface area contributed by atoms with Crippen molar-refractivity contribution >= 4 is 5.91 Å². The van der Waals surface area contributed by atoms with Crippen molar-refractivity contribution < 1.29 is 9.90 Å². The number of hydrogen-bond acceptors (Lipinski definition) is 3. The maximum atomic E-state index is 11.1. The van der Waals surface area contributed by atoms with Crippen LogP contribution in [0.15, 0.2) is 0 Å². The van der Waals surface area contributed by atoms with Crippen molar-refractivity contribution in [2.45, 2.75) is 45.2 Å². The number of likely N-dealkylation sites (tertiary alicyclic amines) is 1. The molecule has 4 heteroatoms. The summed E-state index contributed by atoms with van der Waals surface area (Å²) in [6.07, 6.45) is 2.94. The maximum absolute atomic E-state index is 11.1. The number of piperidine rings is 1. The summed E-state index contributed by atoms with van der Waals surface area (Å²) >= 11 is 0. The third kappa shape index (κ3) is 3.80. The molecular formula is C11H22N2O2. The minimum atomic E-state index is 0.169. The molecule has 0 aromatic rings. The predicted octanol–water partition coefficient (Wildman–Crippen LogP) is 0.358. The van der Waals surface area contributed by atoms with E-state index in [0.717, 1.165) is 32.4 Å². The fraction of sp³-hybridized carbons (Fsp3) is 0.909. The second-order valence-electron chi connectivity index (χ2n) is 4.23. The Hall–Kier alpha value is -0.610. The second kappa shape index (κ2) is 6.08. The Balaban J connectivity index is 2.28. The van der Waals surface area contributed by atoms with Gasteiger partial charge in [0.2, 0.25) is 5.91 Å². The quantitative estimate of drug-likeness (QED) is 0.710. The summed E-state index contributed by atoms with van der Waals surface area (Å²) in [7, 11) is 0. The van der Waals surface area contributed by atoms with E-state index >= 15 is 0 Å². The van der Waals surface area contributed by atoms with Crippen LogP contribution in [0.1, 0.15) is 33.1 Å². The van der Waals surface area contributed by atoms with Gasteiger partial charge in [-0.15, -0.1) is 0 Å². The summed E-state index contributed by atoms with van der Waals surface area (Å²) in [6, 6.07) is 0.663. The van der Waals surface area contributed by atoms with Gasteiger partial charge in [-0.25, -0.2) is 0 Å². The third-order valence-electron chi connectivity index (χ3n) is 3.12. The molecule has 15 heavy (non-hydrogen) atoms. The van der Waals surface area contributed by atoms with Crippen LogP contribution in [-0.4, -0.2) is 47.7 Å². The molecular weight excluding hydrogens is 192 g/mol. The van der Waals surface area contributed by atoms with E-state index in [1.54, 1.807) is 6.92 Å². The summed E-state index contributed by atoms with van der Waals surface area (Å²) in [6.45, 7) is 5.57. The number of nitrogens with zero attached hydrogens (tertiary/aromatic N) is 1. The minimum Gasteiger partial charge on any atom is -0.395 e. The van der Waals surface area contributed by atoms with Crippen LogP contribution in [0.2, 0.25) is 0 Å². The Morgan fingerprint density at radius 3 is 2.53 bits per heavy atom. The molecule has 1 amide bonds. The van der Waals surface area contributed by atoms with Crippen molar-refractivity contribution in [1.29, 1.82) is 0 Å². The number of aliphatic hydroxyl groups excluding tert-OH is 1. The highest BCUT2D eigenvalue weighted by Gasteiger charge is 2.21. The zero-order chi connectivity index (χ0) is 11.3. The van der Waals surface area contributed by atoms with Crippen LogP contribution in [0, 0.1) is 0 Å². The Labute approximate surface area is 91.6 Å². The van der Waals surface area contributed by atoms with Crippen LogP contribution >= 0.6 is 0 Å². The summed E-state index contributed by atoms with van der Waals surface area (Å²) in [5, 5.41) is 12.5. The maximum Gasteiger partial charge on any atom is 0.219 e. The highest BCUT2D eigenvalue weighted by atomic mass is 16.3. The van der Waals surface area contributed by atoms with Crippen LogP contribution in [0.25, 0.3) is 0 Å². The second-order valence-corrected chi connectivity index (χ2v) is 4.23. The lowest BCUT2D eigenvalue weighted by Gasteiger charge is -2.33. The smallest absolute Gasteiger partial charge is 0.219 e. The van der Waals surface area contributed by atoms with Crippen molar-refractivity contribution in [3.63, 3.8) is 0 Å². The number of nitrogens with one attached hydrogen (secondary N) is 1.